The molecule has 1 atom stereocenters. The smallest absolute Gasteiger partial charge is 0.408 e. The van der Waals surface area contributed by atoms with Gasteiger partial charge in [-0.15, -0.1) is 0 Å². The number of nitrogens with zero attached hydrogens (tertiary/aromatic N) is 1. The largest absolute Gasteiger partial charge is 0.490 e. The monoisotopic (exact) mass is 440 g/mol. The van der Waals surface area contributed by atoms with E-state index in [1.165, 1.54) is 0 Å². The Kier molecular flexibility index (Phi) is 7.29. The number of benzene rings is 1. The zero-order valence-electron chi connectivity index (χ0n) is 15.0. The summed E-state index contributed by atoms with van der Waals surface area (Å²) < 4.78 is 12.0. The second-order valence-corrected chi connectivity index (χ2v) is 8.18. The minimum absolute atomic E-state index is 0.268. The van der Waals surface area contributed by atoms with E-state index in [1.54, 1.807) is 12.4 Å². The Morgan fingerprint density at radius 1 is 1.31 bits per heavy atom. The van der Waals surface area contributed by atoms with Crippen LogP contribution in [0.3, 0.4) is 0 Å². The summed E-state index contributed by atoms with van der Waals surface area (Å²) in [5.74, 6) is 0.612. The number of nitrogens with one attached hydrogen (secondary N) is 1. The molecule has 1 aromatic heterocycles. The molecule has 0 bridgehead atoms. The van der Waals surface area contributed by atoms with Crippen LogP contribution in [0.25, 0.3) is 0 Å². The highest BCUT2D eigenvalue weighted by Gasteiger charge is 2.20. The first-order valence-corrected chi connectivity index (χ1v) is 9.36. The maximum absolute atomic E-state index is 12.2. The number of halogens is 2. The number of hydrogen-bond donors (Lipinski definition) is 1. The molecule has 1 heterocycles. The molecule has 0 aliphatic carbocycles. The fourth-order valence-corrected chi connectivity index (χ4v) is 2.80. The van der Waals surface area contributed by atoms with Gasteiger partial charge in [0.15, 0.2) is 0 Å². The number of carbonyl (C=O) groups excluding carboxylic acids is 1. The molecule has 0 saturated heterocycles. The summed E-state index contributed by atoms with van der Waals surface area (Å²) in [6.07, 6.45) is 3.37. The van der Waals surface area contributed by atoms with Gasteiger partial charge in [0.05, 0.1) is 12.2 Å². The van der Waals surface area contributed by atoms with Gasteiger partial charge in [-0.1, -0.05) is 23.7 Å². The van der Waals surface area contributed by atoms with Gasteiger partial charge in [-0.25, -0.2) is 4.79 Å². The summed E-state index contributed by atoms with van der Waals surface area (Å²) in [4.78, 5) is 16.2. The van der Waals surface area contributed by atoms with E-state index in [1.807, 2.05) is 51.1 Å². The predicted molar refractivity (Wildman–Crippen MR) is 106 cm³/mol. The van der Waals surface area contributed by atoms with E-state index in [2.05, 4.69) is 26.2 Å². The van der Waals surface area contributed by atoms with Crippen LogP contribution in [0.15, 0.2) is 47.2 Å². The lowest BCUT2D eigenvalue weighted by Crippen LogP contribution is -2.43. The van der Waals surface area contributed by atoms with Crippen molar-refractivity contribution >= 4 is 33.6 Å². The molecule has 1 N–H and O–H groups in total. The molecule has 0 unspecified atom stereocenters. The van der Waals surface area contributed by atoms with Crippen LogP contribution in [0.5, 0.6) is 5.75 Å². The molecule has 7 heteroatoms. The number of hydrogen-bond acceptors (Lipinski definition) is 4. The first-order valence-electron chi connectivity index (χ1n) is 8.18. The number of amides is 1. The second-order valence-electron chi connectivity index (χ2n) is 6.83. The Bertz CT molecular complexity index is 750. The van der Waals surface area contributed by atoms with E-state index in [0.29, 0.717) is 17.2 Å². The lowest BCUT2D eigenvalue weighted by Gasteiger charge is -2.24. The van der Waals surface area contributed by atoms with Crippen molar-refractivity contribution in [3.63, 3.8) is 0 Å². The van der Waals surface area contributed by atoms with Crippen molar-refractivity contribution in [1.82, 2.24) is 10.3 Å². The molecule has 0 saturated carbocycles. The van der Waals surface area contributed by atoms with E-state index in [9.17, 15) is 4.79 Å². The lowest BCUT2D eigenvalue weighted by molar-refractivity contribution is 0.0488. The average Bonchev–Trinajstić information content (AvgIpc) is 2.51. The van der Waals surface area contributed by atoms with Crippen molar-refractivity contribution in [2.45, 2.75) is 38.8 Å². The summed E-state index contributed by atoms with van der Waals surface area (Å²) >= 11 is 9.41. The molecule has 1 amide bonds. The van der Waals surface area contributed by atoms with Gasteiger partial charge in [-0.05, 0) is 66.9 Å². The zero-order valence-corrected chi connectivity index (χ0v) is 17.3. The minimum atomic E-state index is -0.570. The van der Waals surface area contributed by atoms with Crippen LogP contribution in [0.4, 0.5) is 4.79 Å². The number of ether oxygens (including phenoxy) is 2. The van der Waals surface area contributed by atoms with E-state index in [0.717, 1.165) is 10.0 Å². The number of rotatable bonds is 6. The summed E-state index contributed by atoms with van der Waals surface area (Å²) in [5.41, 5.74) is 0.425. The molecular formula is C19H22BrClN2O3. The van der Waals surface area contributed by atoms with Crippen molar-refractivity contribution < 1.29 is 14.3 Å². The van der Waals surface area contributed by atoms with E-state index >= 15 is 0 Å². The van der Waals surface area contributed by atoms with E-state index in [-0.39, 0.29) is 12.6 Å². The average molecular weight is 442 g/mol. The van der Waals surface area contributed by atoms with Gasteiger partial charge < -0.3 is 14.8 Å². The van der Waals surface area contributed by atoms with Crippen molar-refractivity contribution in [1.29, 1.82) is 0 Å². The fourth-order valence-electron chi connectivity index (χ4n) is 2.24. The lowest BCUT2D eigenvalue weighted by atomic mass is 10.1. The highest BCUT2D eigenvalue weighted by molar-refractivity contribution is 9.10. The van der Waals surface area contributed by atoms with Gasteiger partial charge in [0.1, 0.15) is 18.0 Å². The highest BCUT2D eigenvalue weighted by atomic mass is 79.9. The molecule has 140 valence electrons. The van der Waals surface area contributed by atoms with Gasteiger partial charge in [0, 0.05) is 15.7 Å². The van der Waals surface area contributed by atoms with Gasteiger partial charge in [0.25, 0.3) is 0 Å². The second kappa shape index (κ2) is 9.24. The molecule has 2 rings (SSSR count). The van der Waals surface area contributed by atoms with Crippen LogP contribution in [-0.2, 0) is 11.2 Å². The van der Waals surface area contributed by atoms with Crippen LogP contribution >= 0.6 is 27.5 Å². The Balaban J connectivity index is 2.05. The molecule has 0 fully saturated rings. The summed E-state index contributed by atoms with van der Waals surface area (Å²) in [7, 11) is 0. The van der Waals surface area contributed by atoms with Crippen LogP contribution in [-0.4, -0.2) is 29.3 Å². The van der Waals surface area contributed by atoms with Crippen LogP contribution in [0.2, 0.25) is 5.02 Å². The molecule has 0 spiro atoms. The predicted octanol–water partition coefficient (Wildman–Crippen LogP) is 5.01. The third kappa shape index (κ3) is 7.62. The SMILES string of the molecule is CC(C)(C)OC(=O)N[C@H](COc1cncc(Br)c1)Cc1cccc(Cl)c1. The summed E-state index contributed by atoms with van der Waals surface area (Å²) in [6, 6.07) is 9.04. The summed E-state index contributed by atoms with van der Waals surface area (Å²) in [5, 5.41) is 3.51. The molecule has 0 aliphatic rings. The van der Waals surface area contributed by atoms with Crippen LogP contribution in [0, 0.1) is 0 Å². The number of alkyl carbamates (subject to hydrolysis) is 1. The third-order valence-electron chi connectivity index (χ3n) is 3.22. The highest BCUT2D eigenvalue weighted by Crippen LogP contribution is 2.17. The first kappa shape index (κ1) is 20.5. The van der Waals surface area contributed by atoms with Crippen LogP contribution in [0.1, 0.15) is 26.3 Å². The van der Waals surface area contributed by atoms with Gasteiger partial charge in [-0.2, -0.15) is 0 Å². The number of pyridine rings is 1. The third-order valence-corrected chi connectivity index (χ3v) is 3.89. The van der Waals surface area contributed by atoms with E-state index in [4.69, 9.17) is 21.1 Å². The zero-order chi connectivity index (χ0) is 19.2. The maximum Gasteiger partial charge on any atom is 0.408 e. The normalized spacial score (nSPS) is 12.3. The molecule has 5 nitrogen and oxygen atoms in total. The molecule has 0 radical (unpaired) electrons. The number of aromatic nitrogens is 1. The Morgan fingerprint density at radius 3 is 2.73 bits per heavy atom. The Labute approximate surface area is 167 Å². The van der Waals surface area contributed by atoms with Crippen molar-refractivity contribution in [3.8, 4) is 5.75 Å². The van der Waals surface area contributed by atoms with Gasteiger partial charge >= 0.3 is 6.09 Å². The first-order chi connectivity index (χ1) is 12.2. The van der Waals surface area contributed by atoms with Gasteiger partial charge in [0.2, 0.25) is 0 Å². The topological polar surface area (TPSA) is 60.5 Å². The standard InChI is InChI=1S/C19H22BrClN2O3/c1-19(2,3)26-18(24)23-16(8-13-5-4-6-15(21)7-13)12-25-17-9-14(20)10-22-11-17/h4-7,9-11,16H,8,12H2,1-3H3,(H,23,24)/t16-/m0/s1. The summed E-state index contributed by atoms with van der Waals surface area (Å²) in [6.45, 7) is 5.73. The van der Waals surface area contributed by atoms with Crippen molar-refractivity contribution in [2.75, 3.05) is 6.61 Å². The fraction of sp³-hybridized carbons (Fsp3) is 0.368. The quantitative estimate of drug-likeness (QED) is 0.684. The molecule has 2 aromatic rings. The maximum atomic E-state index is 12.2. The van der Waals surface area contributed by atoms with Crippen molar-refractivity contribution in [2.24, 2.45) is 0 Å². The van der Waals surface area contributed by atoms with Crippen LogP contribution < -0.4 is 10.1 Å². The van der Waals surface area contributed by atoms with E-state index < -0.39 is 11.7 Å². The number of carbonyl (C=O) groups is 1. The van der Waals surface area contributed by atoms with Gasteiger partial charge in [-0.3, -0.25) is 4.98 Å². The Hall–Kier alpha value is -1.79. The molecule has 26 heavy (non-hydrogen) atoms. The Morgan fingerprint density at radius 2 is 2.08 bits per heavy atom. The molecular weight excluding hydrogens is 420 g/mol. The van der Waals surface area contributed by atoms with Crippen molar-refractivity contribution in [3.05, 3.63) is 57.8 Å². The molecule has 0 aliphatic heterocycles. The molecule has 1 aromatic carbocycles. The minimum Gasteiger partial charge on any atom is -0.490 e.